The number of esters is 1. The summed E-state index contributed by atoms with van der Waals surface area (Å²) in [6.07, 6.45) is 7.51. The maximum atomic E-state index is 12.8. The van der Waals surface area contributed by atoms with Gasteiger partial charge >= 0.3 is 5.97 Å². The third-order valence-electron chi connectivity index (χ3n) is 5.50. The molecule has 0 amide bonds. The monoisotopic (exact) mass is 509 g/mol. The average Bonchev–Trinajstić information content (AvgIpc) is 2.90. The number of hydrogen-bond donors (Lipinski definition) is 1. The summed E-state index contributed by atoms with van der Waals surface area (Å²) in [6, 6.07) is 20.3. The van der Waals surface area contributed by atoms with Crippen molar-refractivity contribution < 1.29 is 9.53 Å². The van der Waals surface area contributed by atoms with Crippen molar-refractivity contribution >= 4 is 35.3 Å². The molecule has 0 aliphatic carbocycles. The summed E-state index contributed by atoms with van der Waals surface area (Å²) in [4.78, 5) is 22.4. The van der Waals surface area contributed by atoms with E-state index in [0.29, 0.717) is 33.9 Å². The normalized spacial score (nSPS) is 10.8. The molecule has 0 spiro atoms. The standard InChI is InChI=1S/C28H35N3O2S2/c1-3-4-5-6-7-14-19-34-28-30-25(29-20-22-15-10-8-11-16-22)24(27(32)33-2)26(31-28)35-21-23-17-12-9-13-18-23/h8-13,15-18H,3-7,14,19-21H2,1-2H3,(H,29,30,31). The van der Waals surface area contributed by atoms with Crippen LogP contribution in [0, 0.1) is 0 Å². The molecule has 1 heterocycles. The first-order valence-corrected chi connectivity index (χ1v) is 14.3. The van der Waals surface area contributed by atoms with Crippen LogP contribution in [0.3, 0.4) is 0 Å². The number of aromatic nitrogens is 2. The summed E-state index contributed by atoms with van der Waals surface area (Å²) in [6.45, 7) is 2.80. The van der Waals surface area contributed by atoms with Gasteiger partial charge in [-0.25, -0.2) is 14.8 Å². The molecular formula is C28H35N3O2S2. The lowest BCUT2D eigenvalue weighted by molar-refractivity contribution is 0.0596. The molecule has 0 bridgehead atoms. The molecule has 0 aliphatic rings. The van der Waals surface area contributed by atoms with Gasteiger partial charge in [0.05, 0.1) is 7.11 Å². The van der Waals surface area contributed by atoms with E-state index in [2.05, 4.69) is 24.4 Å². The van der Waals surface area contributed by atoms with Gasteiger partial charge in [0.1, 0.15) is 16.4 Å². The van der Waals surface area contributed by atoms with Gasteiger partial charge < -0.3 is 10.1 Å². The maximum Gasteiger partial charge on any atom is 0.344 e. The predicted octanol–water partition coefficient (Wildman–Crippen LogP) is 7.62. The molecule has 3 rings (SSSR count). The Morgan fingerprint density at radius 2 is 1.51 bits per heavy atom. The number of methoxy groups -OCH3 is 1. The highest BCUT2D eigenvalue weighted by molar-refractivity contribution is 7.99. The van der Waals surface area contributed by atoms with Crippen LogP contribution in [0.2, 0.25) is 0 Å². The average molecular weight is 510 g/mol. The Balaban J connectivity index is 1.79. The van der Waals surface area contributed by atoms with Crippen LogP contribution in [0.4, 0.5) is 5.82 Å². The summed E-state index contributed by atoms with van der Waals surface area (Å²) in [5, 5.41) is 4.71. The number of ether oxygens (including phenoxy) is 1. The SMILES string of the molecule is CCCCCCCCSc1nc(NCc2ccccc2)c(C(=O)OC)c(SCc2ccccc2)n1. The number of nitrogens with one attached hydrogen (secondary N) is 1. The second-order valence-corrected chi connectivity index (χ2v) is 10.3. The molecule has 0 atom stereocenters. The smallest absolute Gasteiger partial charge is 0.344 e. The van der Waals surface area contributed by atoms with E-state index >= 15 is 0 Å². The van der Waals surface area contributed by atoms with Gasteiger partial charge in [0.15, 0.2) is 5.16 Å². The lowest BCUT2D eigenvalue weighted by Gasteiger charge is -2.15. The molecule has 186 valence electrons. The van der Waals surface area contributed by atoms with E-state index in [-0.39, 0.29) is 0 Å². The number of anilines is 1. The van der Waals surface area contributed by atoms with Crippen LogP contribution in [0.5, 0.6) is 0 Å². The molecule has 0 aliphatic heterocycles. The topological polar surface area (TPSA) is 64.1 Å². The van der Waals surface area contributed by atoms with Crippen molar-refractivity contribution in [2.45, 2.75) is 67.9 Å². The molecule has 2 aromatic carbocycles. The largest absolute Gasteiger partial charge is 0.465 e. The molecule has 1 aromatic heterocycles. The zero-order valence-corrected chi connectivity index (χ0v) is 22.3. The third-order valence-corrected chi connectivity index (χ3v) is 7.48. The number of hydrogen-bond acceptors (Lipinski definition) is 7. The van der Waals surface area contributed by atoms with Gasteiger partial charge in [0.2, 0.25) is 0 Å². The third kappa shape index (κ3) is 9.22. The van der Waals surface area contributed by atoms with Gasteiger partial charge in [-0.2, -0.15) is 0 Å². The molecule has 0 radical (unpaired) electrons. The fourth-order valence-electron chi connectivity index (χ4n) is 3.56. The maximum absolute atomic E-state index is 12.8. The highest BCUT2D eigenvalue weighted by atomic mass is 32.2. The lowest BCUT2D eigenvalue weighted by atomic mass is 10.1. The molecule has 35 heavy (non-hydrogen) atoms. The van der Waals surface area contributed by atoms with Crippen molar-refractivity contribution in [2.24, 2.45) is 0 Å². The summed E-state index contributed by atoms with van der Waals surface area (Å²) >= 11 is 3.20. The van der Waals surface area contributed by atoms with Crippen molar-refractivity contribution in [1.82, 2.24) is 9.97 Å². The fraction of sp³-hybridized carbons (Fsp3) is 0.393. The van der Waals surface area contributed by atoms with Crippen molar-refractivity contribution in [3.05, 3.63) is 77.4 Å². The van der Waals surface area contributed by atoms with Crippen molar-refractivity contribution in [3.63, 3.8) is 0 Å². The number of benzene rings is 2. The first kappa shape index (κ1) is 27.1. The quantitative estimate of drug-likeness (QED) is 0.0743. The molecule has 0 saturated heterocycles. The first-order valence-electron chi connectivity index (χ1n) is 12.3. The van der Waals surface area contributed by atoms with E-state index in [4.69, 9.17) is 14.7 Å². The molecule has 3 aromatic rings. The minimum absolute atomic E-state index is 0.397. The van der Waals surface area contributed by atoms with Gasteiger partial charge in [-0.05, 0) is 17.5 Å². The van der Waals surface area contributed by atoms with E-state index in [1.807, 2.05) is 48.5 Å². The number of carbonyl (C=O) groups excluding carboxylic acids is 1. The lowest BCUT2D eigenvalue weighted by Crippen LogP contribution is -2.14. The van der Waals surface area contributed by atoms with Crippen LogP contribution in [-0.4, -0.2) is 28.8 Å². The Morgan fingerprint density at radius 3 is 2.20 bits per heavy atom. The van der Waals surface area contributed by atoms with E-state index < -0.39 is 5.97 Å². The summed E-state index contributed by atoms with van der Waals surface area (Å²) < 4.78 is 5.13. The summed E-state index contributed by atoms with van der Waals surface area (Å²) in [5.41, 5.74) is 2.68. The van der Waals surface area contributed by atoms with Gasteiger partial charge in [-0.1, -0.05) is 111 Å². The minimum Gasteiger partial charge on any atom is -0.465 e. The highest BCUT2D eigenvalue weighted by Crippen LogP contribution is 2.32. The minimum atomic E-state index is -0.427. The zero-order chi connectivity index (χ0) is 24.7. The number of carbonyl (C=O) groups is 1. The first-order chi connectivity index (χ1) is 17.2. The second-order valence-electron chi connectivity index (χ2n) is 8.26. The zero-order valence-electron chi connectivity index (χ0n) is 20.7. The summed E-state index contributed by atoms with van der Waals surface area (Å²) in [7, 11) is 1.40. The molecule has 0 fully saturated rings. The van der Waals surface area contributed by atoms with Gasteiger partial charge in [-0.15, -0.1) is 11.8 Å². The molecule has 0 unspecified atom stereocenters. The fourth-order valence-corrected chi connectivity index (χ4v) is 5.43. The Kier molecular flexibility index (Phi) is 12.0. The van der Waals surface area contributed by atoms with Crippen LogP contribution in [0.15, 0.2) is 70.8 Å². The van der Waals surface area contributed by atoms with E-state index in [0.717, 1.165) is 17.7 Å². The highest BCUT2D eigenvalue weighted by Gasteiger charge is 2.22. The van der Waals surface area contributed by atoms with Gasteiger partial charge in [0, 0.05) is 18.1 Å². The van der Waals surface area contributed by atoms with Crippen molar-refractivity contribution in [3.8, 4) is 0 Å². The molecule has 0 saturated carbocycles. The second kappa shape index (κ2) is 15.5. The molecule has 1 N–H and O–H groups in total. The number of thioether (sulfide) groups is 2. The van der Waals surface area contributed by atoms with E-state index in [1.165, 1.54) is 44.8 Å². The van der Waals surface area contributed by atoms with Crippen LogP contribution >= 0.6 is 23.5 Å². The Labute approximate surface area is 217 Å². The van der Waals surface area contributed by atoms with Crippen molar-refractivity contribution in [2.75, 3.05) is 18.2 Å². The van der Waals surface area contributed by atoms with E-state index in [9.17, 15) is 4.79 Å². The van der Waals surface area contributed by atoms with Crippen LogP contribution < -0.4 is 5.32 Å². The Hall–Kier alpha value is -2.51. The summed E-state index contributed by atoms with van der Waals surface area (Å²) in [5.74, 6) is 1.77. The predicted molar refractivity (Wildman–Crippen MR) is 147 cm³/mol. The van der Waals surface area contributed by atoms with Crippen LogP contribution in [0.25, 0.3) is 0 Å². The van der Waals surface area contributed by atoms with Crippen LogP contribution in [-0.2, 0) is 17.0 Å². The van der Waals surface area contributed by atoms with Gasteiger partial charge in [-0.3, -0.25) is 0 Å². The molecule has 7 heteroatoms. The Morgan fingerprint density at radius 1 is 0.857 bits per heavy atom. The number of unbranched alkanes of at least 4 members (excludes halogenated alkanes) is 5. The molecule has 5 nitrogen and oxygen atoms in total. The van der Waals surface area contributed by atoms with Crippen molar-refractivity contribution in [1.29, 1.82) is 0 Å². The number of rotatable bonds is 15. The van der Waals surface area contributed by atoms with E-state index in [1.54, 1.807) is 23.5 Å². The number of nitrogens with zero attached hydrogens (tertiary/aromatic N) is 2. The van der Waals surface area contributed by atoms with Crippen LogP contribution in [0.1, 0.15) is 66.9 Å². The Bertz CT molecular complexity index is 968. The molecular weight excluding hydrogens is 474 g/mol. The van der Waals surface area contributed by atoms with Gasteiger partial charge in [0.25, 0.3) is 0 Å².